The minimum atomic E-state index is -0.192. The maximum atomic E-state index is 11.9. The van der Waals surface area contributed by atoms with Crippen molar-refractivity contribution in [1.29, 1.82) is 0 Å². The lowest BCUT2D eigenvalue weighted by Crippen LogP contribution is -2.27. The number of pyridine rings is 2. The molecule has 2 aromatic heterocycles. The van der Waals surface area contributed by atoms with Crippen LogP contribution in [0.1, 0.15) is 16.8 Å². The van der Waals surface area contributed by atoms with Gasteiger partial charge in [-0.05, 0) is 34.5 Å². The number of rotatable bonds is 5. The van der Waals surface area contributed by atoms with E-state index in [0.717, 1.165) is 4.47 Å². The number of aromatic nitrogens is 2. The topological polar surface area (TPSA) is 64.0 Å². The molecule has 2 rings (SSSR count). The van der Waals surface area contributed by atoms with E-state index in [-0.39, 0.29) is 11.5 Å². The van der Waals surface area contributed by atoms with Crippen LogP contribution in [0, 0.1) is 0 Å². The van der Waals surface area contributed by atoms with Crippen molar-refractivity contribution in [2.45, 2.75) is 13.0 Å². The van der Waals surface area contributed by atoms with Gasteiger partial charge in [-0.3, -0.25) is 14.6 Å². The van der Waals surface area contributed by atoms with Gasteiger partial charge in [-0.15, -0.1) is 0 Å². The molecule has 0 saturated carbocycles. The third-order valence-electron chi connectivity index (χ3n) is 2.78. The number of nitrogens with zero attached hydrogens (tertiary/aromatic N) is 2. The van der Waals surface area contributed by atoms with Gasteiger partial charge >= 0.3 is 0 Å². The number of carbonyl (C=O) groups is 1. The third kappa shape index (κ3) is 4.68. The second-order valence-electron chi connectivity index (χ2n) is 4.38. The monoisotopic (exact) mass is 369 g/mol. The average Bonchev–Trinajstić information content (AvgIpc) is 2.46. The van der Waals surface area contributed by atoms with E-state index in [2.05, 4.69) is 26.2 Å². The summed E-state index contributed by atoms with van der Waals surface area (Å²) in [5.41, 5.74) is 0.381. The van der Waals surface area contributed by atoms with Crippen molar-refractivity contribution in [2.75, 3.05) is 6.54 Å². The number of amides is 1. The van der Waals surface area contributed by atoms with E-state index >= 15 is 0 Å². The van der Waals surface area contributed by atoms with E-state index in [1.165, 1.54) is 16.8 Å². The largest absolute Gasteiger partial charge is 0.352 e. The second-order valence-corrected chi connectivity index (χ2v) is 5.73. The summed E-state index contributed by atoms with van der Waals surface area (Å²) in [6.07, 6.45) is 5.33. The molecule has 1 N–H and O–H groups in total. The molecule has 2 aromatic rings. The fourth-order valence-corrected chi connectivity index (χ4v) is 2.31. The molecular formula is C14H13BrClN3O2. The number of halogens is 2. The Bertz CT molecular complexity index is 703. The van der Waals surface area contributed by atoms with Crippen molar-refractivity contribution < 1.29 is 4.79 Å². The van der Waals surface area contributed by atoms with E-state index in [4.69, 9.17) is 11.6 Å². The Morgan fingerprint density at radius 3 is 2.95 bits per heavy atom. The Balaban J connectivity index is 1.83. The molecule has 21 heavy (non-hydrogen) atoms. The van der Waals surface area contributed by atoms with E-state index in [1.54, 1.807) is 24.5 Å². The minimum Gasteiger partial charge on any atom is -0.352 e. The number of nitrogens with one attached hydrogen (secondary N) is 1. The molecule has 0 bridgehead atoms. The fraction of sp³-hybridized carbons (Fsp3) is 0.214. The predicted molar refractivity (Wildman–Crippen MR) is 84.6 cm³/mol. The van der Waals surface area contributed by atoms with Crippen LogP contribution in [0.3, 0.4) is 0 Å². The van der Waals surface area contributed by atoms with Crippen molar-refractivity contribution in [2.24, 2.45) is 0 Å². The standard InChI is InChI=1S/C14H13BrClN3O2/c15-11-6-10(7-17-8-11)14(21)18-4-1-5-19-9-12(16)2-3-13(19)20/h2-3,6-9H,1,4-5H2,(H,18,21). The molecule has 110 valence electrons. The average molecular weight is 371 g/mol. The summed E-state index contributed by atoms with van der Waals surface area (Å²) >= 11 is 9.10. The van der Waals surface area contributed by atoms with Gasteiger partial charge in [0.25, 0.3) is 11.5 Å². The van der Waals surface area contributed by atoms with Gasteiger partial charge in [0, 0.05) is 42.2 Å². The molecule has 1 amide bonds. The smallest absolute Gasteiger partial charge is 0.252 e. The van der Waals surface area contributed by atoms with Crippen LogP contribution in [0.2, 0.25) is 5.02 Å². The van der Waals surface area contributed by atoms with Crippen LogP contribution in [0.15, 0.2) is 46.1 Å². The Morgan fingerprint density at radius 2 is 2.19 bits per heavy atom. The summed E-state index contributed by atoms with van der Waals surface area (Å²) in [6, 6.07) is 4.68. The van der Waals surface area contributed by atoms with Crippen molar-refractivity contribution in [1.82, 2.24) is 14.9 Å². The molecule has 0 spiro atoms. The molecule has 2 heterocycles. The van der Waals surface area contributed by atoms with Crippen molar-refractivity contribution in [3.63, 3.8) is 0 Å². The summed E-state index contributed by atoms with van der Waals surface area (Å²) in [5, 5.41) is 3.30. The van der Waals surface area contributed by atoms with Crippen molar-refractivity contribution >= 4 is 33.4 Å². The summed E-state index contributed by atoms with van der Waals surface area (Å²) in [7, 11) is 0. The van der Waals surface area contributed by atoms with Crippen LogP contribution in [0.25, 0.3) is 0 Å². The maximum absolute atomic E-state index is 11.9. The molecule has 0 saturated heterocycles. The fourth-order valence-electron chi connectivity index (χ4n) is 1.77. The highest BCUT2D eigenvalue weighted by molar-refractivity contribution is 9.10. The van der Waals surface area contributed by atoms with E-state index in [1.807, 2.05) is 0 Å². The number of aryl methyl sites for hydroxylation is 1. The van der Waals surface area contributed by atoms with Crippen LogP contribution in [0.4, 0.5) is 0 Å². The maximum Gasteiger partial charge on any atom is 0.252 e. The highest BCUT2D eigenvalue weighted by Crippen LogP contribution is 2.09. The van der Waals surface area contributed by atoms with Gasteiger partial charge in [0.15, 0.2) is 0 Å². The molecule has 0 fully saturated rings. The van der Waals surface area contributed by atoms with Gasteiger partial charge in [-0.2, -0.15) is 0 Å². The first kappa shape index (κ1) is 15.7. The quantitative estimate of drug-likeness (QED) is 0.822. The Kier molecular flexibility index (Phi) is 5.52. The van der Waals surface area contributed by atoms with E-state index < -0.39 is 0 Å². The van der Waals surface area contributed by atoms with Crippen LogP contribution in [-0.4, -0.2) is 22.0 Å². The zero-order chi connectivity index (χ0) is 15.2. The molecule has 0 atom stereocenters. The summed E-state index contributed by atoms with van der Waals surface area (Å²) in [5.74, 6) is -0.192. The summed E-state index contributed by atoms with van der Waals surface area (Å²) < 4.78 is 2.27. The molecule has 0 aliphatic rings. The van der Waals surface area contributed by atoms with Crippen LogP contribution >= 0.6 is 27.5 Å². The van der Waals surface area contributed by atoms with Gasteiger partial charge < -0.3 is 9.88 Å². The van der Waals surface area contributed by atoms with Crippen LogP contribution < -0.4 is 10.9 Å². The first-order chi connectivity index (χ1) is 10.1. The number of carbonyl (C=O) groups excluding carboxylic acids is 1. The van der Waals surface area contributed by atoms with Gasteiger partial charge in [0.2, 0.25) is 0 Å². The van der Waals surface area contributed by atoms with Gasteiger partial charge in [-0.1, -0.05) is 11.6 Å². The SMILES string of the molecule is O=C(NCCCn1cc(Cl)ccc1=O)c1cncc(Br)c1. The predicted octanol–water partition coefficient (Wildman–Crippen LogP) is 2.48. The lowest BCUT2D eigenvalue weighted by Gasteiger charge is -2.07. The molecule has 0 radical (unpaired) electrons. The van der Waals surface area contributed by atoms with Gasteiger partial charge in [0.1, 0.15) is 0 Å². The molecule has 7 heteroatoms. The first-order valence-corrected chi connectivity index (χ1v) is 7.48. The molecule has 0 aliphatic heterocycles. The Morgan fingerprint density at radius 1 is 1.38 bits per heavy atom. The molecule has 0 aliphatic carbocycles. The zero-order valence-corrected chi connectivity index (χ0v) is 13.4. The van der Waals surface area contributed by atoms with Crippen molar-refractivity contribution in [3.8, 4) is 0 Å². The lowest BCUT2D eigenvalue weighted by molar-refractivity contribution is 0.0952. The lowest BCUT2D eigenvalue weighted by atomic mass is 10.2. The van der Waals surface area contributed by atoms with E-state index in [9.17, 15) is 9.59 Å². The van der Waals surface area contributed by atoms with Crippen LogP contribution in [-0.2, 0) is 6.54 Å². The van der Waals surface area contributed by atoms with Crippen LogP contribution in [0.5, 0.6) is 0 Å². The Labute approximate surface area is 135 Å². The minimum absolute atomic E-state index is 0.109. The van der Waals surface area contributed by atoms with Crippen molar-refractivity contribution in [3.05, 3.63) is 62.2 Å². The van der Waals surface area contributed by atoms with Gasteiger partial charge in [-0.25, -0.2) is 0 Å². The molecule has 0 unspecified atom stereocenters. The molecule has 0 aromatic carbocycles. The zero-order valence-electron chi connectivity index (χ0n) is 11.1. The number of hydrogen-bond donors (Lipinski definition) is 1. The normalized spacial score (nSPS) is 10.4. The first-order valence-electron chi connectivity index (χ1n) is 6.31. The summed E-state index contributed by atoms with van der Waals surface area (Å²) in [6.45, 7) is 0.959. The van der Waals surface area contributed by atoms with Gasteiger partial charge in [0.05, 0.1) is 10.6 Å². The van der Waals surface area contributed by atoms with E-state index in [0.29, 0.717) is 30.1 Å². The Hall–Kier alpha value is -1.66. The molecular weight excluding hydrogens is 358 g/mol. The highest BCUT2D eigenvalue weighted by atomic mass is 79.9. The second kappa shape index (κ2) is 7.38. The highest BCUT2D eigenvalue weighted by Gasteiger charge is 2.05. The third-order valence-corrected chi connectivity index (χ3v) is 3.43. The number of hydrogen-bond acceptors (Lipinski definition) is 3. The molecule has 5 nitrogen and oxygen atoms in total. The summed E-state index contributed by atoms with van der Waals surface area (Å²) in [4.78, 5) is 27.4.